The maximum Gasteiger partial charge on any atom is 0.336 e. The van der Waals surface area contributed by atoms with Crippen LogP contribution in [0.1, 0.15) is 11.3 Å². The fourth-order valence-electron chi connectivity index (χ4n) is 2.78. The summed E-state index contributed by atoms with van der Waals surface area (Å²) < 4.78 is 5.05. The van der Waals surface area contributed by atoms with Gasteiger partial charge in [-0.15, -0.1) is 11.3 Å². The lowest BCUT2D eigenvalue weighted by Crippen LogP contribution is -2.31. The second kappa shape index (κ2) is 8.06. The number of carbonyl (C=O) groups is 3. The van der Waals surface area contributed by atoms with E-state index in [1.807, 2.05) is 17.5 Å². The molecule has 3 heterocycles. The molecule has 146 valence electrons. The molecular formula is C20H14N2O5S2. The Balaban J connectivity index is 1.38. The van der Waals surface area contributed by atoms with Crippen molar-refractivity contribution >= 4 is 62.9 Å². The number of thiophene rings is 1. The van der Waals surface area contributed by atoms with Crippen LogP contribution in [0.5, 0.6) is 0 Å². The summed E-state index contributed by atoms with van der Waals surface area (Å²) in [6.07, 6.45) is 1.66. The molecule has 1 fully saturated rings. The normalized spacial score (nSPS) is 15.4. The van der Waals surface area contributed by atoms with Gasteiger partial charge in [-0.1, -0.05) is 6.07 Å². The molecule has 4 rings (SSSR count). The molecule has 2 aromatic heterocycles. The molecule has 0 saturated carbocycles. The van der Waals surface area contributed by atoms with Crippen LogP contribution in [0, 0.1) is 0 Å². The van der Waals surface area contributed by atoms with E-state index in [9.17, 15) is 19.2 Å². The molecule has 0 bridgehead atoms. The highest BCUT2D eigenvalue weighted by Gasteiger charge is 2.35. The van der Waals surface area contributed by atoms with Crippen molar-refractivity contribution in [1.29, 1.82) is 0 Å². The predicted octanol–water partition coefficient (Wildman–Crippen LogP) is 3.92. The third kappa shape index (κ3) is 4.30. The van der Waals surface area contributed by atoms with Gasteiger partial charge in [0.15, 0.2) is 0 Å². The summed E-state index contributed by atoms with van der Waals surface area (Å²) >= 11 is 2.35. The molecule has 0 spiro atoms. The Labute approximate surface area is 173 Å². The van der Waals surface area contributed by atoms with Crippen LogP contribution < -0.4 is 10.9 Å². The number of rotatable bonds is 5. The minimum absolute atomic E-state index is 0.000731. The lowest BCUT2D eigenvalue weighted by Gasteiger charge is -2.12. The van der Waals surface area contributed by atoms with E-state index in [1.54, 1.807) is 30.3 Å². The third-order valence-corrected chi connectivity index (χ3v) is 5.88. The second-order valence-corrected chi connectivity index (χ2v) is 8.13. The molecular weight excluding hydrogens is 412 g/mol. The molecule has 1 aliphatic heterocycles. The molecule has 7 nitrogen and oxygen atoms in total. The lowest BCUT2D eigenvalue weighted by atomic mass is 10.2. The number of nitrogens with one attached hydrogen (secondary N) is 1. The number of hydrogen-bond acceptors (Lipinski definition) is 7. The van der Waals surface area contributed by atoms with Gasteiger partial charge in [0.2, 0.25) is 5.91 Å². The van der Waals surface area contributed by atoms with Gasteiger partial charge in [-0.05, 0) is 53.5 Å². The van der Waals surface area contributed by atoms with Crippen LogP contribution in [-0.2, 0) is 9.59 Å². The van der Waals surface area contributed by atoms with Crippen molar-refractivity contribution in [3.63, 3.8) is 0 Å². The van der Waals surface area contributed by atoms with Gasteiger partial charge in [-0.25, -0.2) is 4.79 Å². The van der Waals surface area contributed by atoms with E-state index in [4.69, 9.17) is 4.42 Å². The quantitative estimate of drug-likeness (QED) is 0.491. The number of amides is 3. The number of imide groups is 1. The molecule has 1 aliphatic rings. The number of benzene rings is 1. The molecule has 0 radical (unpaired) electrons. The van der Waals surface area contributed by atoms with E-state index >= 15 is 0 Å². The van der Waals surface area contributed by atoms with Crippen molar-refractivity contribution in [2.75, 3.05) is 11.9 Å². The number of thioether (sulfide) groups is 1. The van der Waals surface area contributed by atoms with Gasteiger partial charge < -0.3 is 9.73 Å². The standard InChI is InChI=1S/C20H14N2O5S2/c23-17(21-13-4-5-15-12(10-13)3-6-18(24)27-15)7-8-22-19(25)16(29-20(22)26)11-14-2-1-9-28-14/h1-6,9-11H,7-8H2,(H,21,23)/b16-11-. The van der Waals surface area contributed by atoms with Gasteiger partial charge in [-0.2, -0.15) is 0 Å². The largest absolute Gasteiger partial charge is 0.423 e. The van der Waals surface area contributed by atoms with Gasteiger partial charge in [0.05, 0.1) is 4.91 Å². The third-order valence-electron chi connectivity index (χ3n) is 4.16. The molecule has 0 atom stereocenters. The van der Waals surface area contributed by atoms with Crippen molar-refractivity contribution < 1.29 is 18.8 Å². The van der Waals surface area contributed by atoms with Gasteiger partial charge >= 0.3 is 5.63 Å². The minimum Gasteiger partial charge on any atom is -0.423 e. The Bertz CT molecular complexity index is 1200. The zero-order valence-corrected chi connectivity index (χ0v) is 16.5. The van der Waals surface area contributed by atoms with E-state index in [0.29, 0.717) is 21.6 Å². The summed E-state index contributed by atoms with van der Waals surface area (Å²) in [5, 5.41) is 4.90. The van der Waals surface area contributed by atoms with Crippen molar-refractivity contribution in [3.05, 3.63) is 68.0 Å². The zero-order chi connectivity index (χ0) is 20.4. The van der Waals surface area contributed by atoms with E-state index in [-0.39, 0.29) is 30.0 Å². The number of nitrogens with zero attached hydrogens (tertiary/aromatic N) is 1. The summed E-state index contributed by atoms with van der Waals surface area (Å²) in [5.41, 5.74) is 0.508. The van der Waals surface area contributed by atoms with Crippen LogP contribution in [-0.4, -0.2) is 28.5 Å². The van der Waals surface area contributed by atoms with Crippen molar-refractivity contribution in [2.24, 2.45) is 0 Å². The Morgan fingerprint density at radius 2 is 2.00 bits per heavy atom. The van der Waals surface area contributed by atoms with Crippen molar-refractivity contribution in [3.8, 4) is 0 Å². The summed E-state index contributed by atoms with van der Waals surface area (Å²) in [4.78, 5) is 50.4. The second-order valence-electron chi connectivity index (χ2n) is 6.15. The maximum absolute atomic E-state index is 12.4. The summed E-state index contributed by atoms with van der Waals surface area (Å²) in [5.74, 6) is -0.718. The highest BCUT2D eigenvalue weighted by atomic mass is 32.2. The van der Waals surface area contributed by atoms with Crippen LogP contribution in [0.2, 0.25) is 0 Å². The van der Waals surface area contributed by atoms with Gasteiger partial charge in [0.25, 0.3) is 11.1 Å². The summed E-state index contributed by atoms with van der Waals surface area (Å²) in [6.45, 7) is 0.000731. The topological polar surface area (TPSA) is 96.7 Å². The average molecular weight is 426 g/mol. The highest BCUT2D eigenvalue weighted by molar-refractivity contribution is 8.18. The highest BCUT2D eigenvalue weighted by Crippen LogP contribution is 2.33. The summed E-state index contributed by atoms with van der Waals surface area (Å²) in [7, 11) is 0. The lowest BCUT2D eigenvalue weighted by molar-refractivity contribution is -0.123. The molecule has 0 unspecified atom stereocenters. The predicted molar refractivity (Wildman–Crippen MR) is 113 cm³/mol. The van der Waals surface area contributed by atoms with Crippen molar-refractivity contribution in [2.45, 2.75) is 6.42 Å². The SMILES string of the molecule is O=C(CCN1C(=O)S/C(=C\c2cccs2)C1=O)Nc1ccc2oc(=O)ccc2c1. The number of hydrogen-bond donors (Lipinski definition) is 1. The van der Waals surface area contributed by atoms with Crippen LogP contribution >= 0.6 is 23.1 Å². The van der Waals surface area contributed by atoms with Crippen LogP contribution in [0.25, 0.3) is 17.0 Å². The number of anilines is 1. The van der Waals surface area contributed by atoms with Gasteiger partial charge in [0.1, 0.15) is 5.58 Å². The Hall–Kier alpha value is -3.17. The van der Waals surface area contributed by atoms with E-state index < -0.39 is 5.63 Å². The van der Waals surface area contributed by atoms with Crippen LogP contribution in [0.3, 0.4) is 0 Å². The molecule has 3 amide bonds. The fourth-order valence-corrected chi connectivity index (χ4v) is 4.37. The molecule has 1 N–H and O–H groups in total. The minimum atomic E-state index is -0.445. The molecule has 0 aliphatic carbocycles. The Morgan fingerprint density at radius 1 is 1.14 bits per heavy atom. The molecule has 1 saturated heterocycles. The molecule has 3 aromatic rings. The van der Waals surface area contributed by atoms with Gasteiger partial charge in [-0.3, -0.25) is 19.3 Å². The van der Waals surface area contributed by atoms with E-state index in [1.165, 1.54) is 17.4 Å². The van der Waals surface area contributed by atoms with E-state index in [0.717, 1.165) is 21.5 Å². The van der Waals surface area contributed by atoms with Crippen LogP contribution in [0.4, 0.5) is 10.5 Å². The average Bonchev–Trinajstić information content (AvgIpc) is 3.29. The first-order chi connectivity index (χ1) is 14.0. The number of fused-ring (bicyclic) bond motifs is 1. The van der Waals surface area contributed by atoms with Crippen molar-refractivity contribution in [1.82, 2.24) is 4.90 Å². The van der Waals surface area contributed by atoms with Gasteiger partial charge in [0, 0.05) is 35.0 Å². The molecule has 29 heavy (non-hydrogen) atoms. The molecule has 9 heteroatoms. The molecule has 1 aromatic carbocycles. The first-order valence-corrected chi connectivity index (χ1v) is 10.3. The zero-order valence-electron chi connectivity index (χ0n) is 14.9. The first-order valence-electron chi connectivity index (χ1n) is 8.62. The fraction of sp³-hybridized carbons (Fsp3) is 0.100. The maximum atomic E-state index is 12.4. The van der Waals surface area contributed by atoms with E-state index in [2.05, 4.69) is 5.32 Å². The Morgan fingerprint density at radius 3 is 2.79 bits per heavy atom. The monoisotopic (exact) mass is 426 g/mol. The Kier molecular flexibility index (Phi) is 5.32. The summed E-state index contributed by atoms with van der Waals surface area (Å²) in [6, 6.07) is 11.5. The number of carbonyl (C=O) groups excluding carboxylic acids is 3. The van der Waals surface area contributed by atoms with Crippen LogP contribution in [0.15, 0.2) is 62.0 Å². The first kappa shape index (κ1) is 19.2. The smallest absolute Gasteiger partial charge is 0.336 e.